The highest BCUT2D eigenvalue weighted by molar-refractivity contribution is 14.1. The molecule has 1 heterocycles. The molecule has 0 radical (unpaired) electrons. The molecule has 0 aliphatic heterocycles. The van der Waals surface area contributed by atoms with Gasteiger partial charge in [-0.2, -0.15) is 0 Å². The summed E-state index contributed by atoms with van der Waals surface area (Å²) in [6.45, 7) is 0. The van der Waals surface area contributed by atoms with Crippen molar-refractivity contribution in [3.05, 3.63) is 33.5 Å². The summed E-state index contributed by atoms with van der Waals surface area (Å²) in [6, 6.07) is 5.15. The standard InChI is InChI=1S/C11H11IN2O2/c12-7-1-2-10-8(4-7)6(5-14-10)3-9(13)11(15)16/h1-2,4-5,9,14H,3,13H2,(H,15,16)/t9-/m1/s1. The van der Waals surface area contributed by atoms with Gasteiger partial charge in [-0.3, -0.25) is 4.79 Å². The van der Waals surface area contributed by atoms with Gasteiger partial charge < -0.3 is 15.8 Å². The molecular formula is C11H11IN2O2. The molecule has 0 amide bonds. The van der Waals surface area contributed by atoms with Gasteiger partial charge in [-0.05, 0) is 46.4 Å². The monoisotopic (exact) mass is 330 g/mol. The van der Waals surface area contributed by atoms with Gasteiger partial charge in [0.2, 0.25) is 0 Å². The first-order chi connectivity index (χ1) is 7.58. The van der Waals surface area contributed by atoms with Crippen molar-refractivity contribution in [3.8, 4) is 0 Å². The van der Waals surface area contributed by atoms with Crippen LogP contribution in [0.1, 0.15) is 5.56 Å². The zero-order chi connectivity index (χ0) is 11.7. The fourth-order valence-corrected chi connectivity index (χ4v) is 2.13. The first kappa shape index (κ1) is 11.4. The first-order valence-electron chi connectivity index (χ1n) is 4.82. The normalized spacial score (nSPS) is 12.9. The minimum Gasteiger partial charge on any atom is -0.480 e. The molecule has 0 aliphatic carbocycles. The van der Waals surface area contributed by atoms with E-state index in [1.807, 2.05) is 24.4 Å². The Morgan fingerprint density at radius 1 is 1.56 bits per heavy atom. The number of aromatic nitrogens is 1. The minimum atomic E-state index is -0.972. The van der Waals surface area contributed by atoms with Crippen LogP contribution in [0.4, 0.5) is 0 Å². The molecule has 1 aromatic heterocycles. The lowest BCUT2D eigenvalue weighted by atomic mass is 10.1. The number of fused-ring (bicyclic) bond motifs is 1. The van der Waals surface area contributed by atoms with Crippen molar-refractivity contribution in [1.29, 1.82) is 0 Å². The second-order valence-electron chi connectivity index (χ2n) is 3.65. The number of H-pyrrole nitrogens is 1. The molecular weight excluding hydrogens is 319 g/mol. The third kappa shape index (κ3) is 2.19. The maximum Gasteiger partial charge on any atom is 0.320 e. The molecule has 1 aromatic carbocycles. The molecule has 0 saturated carbocycles. The number of benzene rings is 1. The number of aliphatic carboxylic acids is 1. The van der Waals surface area contributed by atoms with Crippen molar-refractivity contribution in [1.82, 2.24) is 4.98 Å². The number of carbonyl (C=O) groups is 1. The molecule has 4 N–H and O–H groups in total. The van der Waals surface area contributed by atoms with Crippen LogP contribution >= 0.6 is 22.6 Å². The van der Waals surface area contributed by atoms with Crippen molar-refractivity contribution in [3.63, 3.8) is 0 Å². The number of hydrogen-bond donors (Lipinski definition) is 3. The van der Waals surface area contributed by atoms with Gasteiger partial charge in [0.25, 0.3) is 0 Å². The van der Waals surface area contributed by atoms with Crippen LogP contribution in [0.3, 0.4) is 0 Å². The van der Waals surface area contributed by atoms with Crippen LogP contribution in [0.5, 0.6) is 0 Å². The second kappa shape index (κ2) is 4.42. The highest BCUT2D eigenvalue weighted by Gasteiger charge is 2.14. The van der Waals surface area contributed by atoms with E-state index in [0.717, 1.165) is 20.0 Å². The molecule has 0 spiro atoms. The summed E-state index contributed by atoms with van der Waals surface area (Å²) in [4.78, 5) is 13.8. The molecule has 16 heavy (non-hydrogen) atoms. The van der Waals surface area contributed by atoms with Crippen molar-refractivity contribution in [2.75, 3.05) is 0 Å². The summed E-state index contributed by atoms with van der Waals surface area (Å²) in [5, 5.41) is 9.82. The lowest BCUT2D eigenvalue weighted by Crippen LogP contribution is -2.32. The number of rotatable bonds is 3. The van der Waals surface area contributed by atoms with E-state index < -0.39 is 12.0 Å². The Balaban J connectivity index is 2.37. The number of halogens is 1. The summed E-state index contributed by atoms with van der Waals surface area (Å²) in [5.74, 6) is -0.972. The molecule has 0 aliphatic rings. The van der Waals surface area contributed by atoms with Crippen molar-refractivity contribution in [2.45, 2.75) is 12.5 Å². The largest absolute Gasteiger partial charge is 0.480 e. The maximum atomic E-state index is 10.7. The predicted octanol–water partition coefficient (Wildman–Crippen LogP) is 1.73. The second-order valence-corrected chi connectivity index (χ2v) is 4.90. The highest BCUT2D eigenvalue weighted by atomic mass is 127. The SMILES string of the molecule is N[C@H](Cc1c[nH]c2ccc(I)cc12)C(=O)O. The molecule has 0 bridgehead atoms. The number of nitrogens with one attached hydrogen (secondary N) is 1. The molecule has 2 aromatic rings. The predicted molar refractivity (Wildman–Crippen MR) is 70.3 cm³/mol. The first-order valence-corrected chi connectivity index (χ1v) is 5.89. The van der Waals surface area contributed by atoms with Gasteiger partial charge in [-0.1, -0.05) is 0 Å². The van der Waals surface area contributed by atoms with E-state index in [4.69, 9.17) is 10.8 Å². The molecule has 2 rings (SSSR count). The van der Waals surface area contributed by atoms with Crippen LogP contribution in [0.15, 0.2) is 24.4 Å². The Morgan fingerprint density at radius 3 is 3.00 bits per heavy atom. The zero-order valence-electron chi connectivity index (χ0n) is 8.40. The third-order valence-corrected chi connectivity index (χ3v) is 3.16. The van der Waals surface area contributed by atoms with E-state index in [1.165, 1.54) is 0 Å². The Morgan fingerprint density at radius 2 is 2.31 bits per heavy atom. The van der Waals surface area contributed by atoms with Crippen LogP contribution in [0.2, 0.25) is 0 Å². The van der Waals surface area contributed by atoms with E-state index in [2.05, 4.69) is 27.6 Å². The molecule has 0 fully saturated rings. The molecule has 1 atom stereocenters. The fraction of sp³-hybridized carbons (Fsp3) is 0.182. The van der Waals surface area contributed by atoms with E-state index in [1.54, 1.807) is 0 Å². The topological polar surface area (TPSA) is 79.1 Å². The van der Waals surface area contributed by atoms with Crippen molar-refractivity contribution in [2.24, 2.45) is 5.73 Å². The van der Waals surface area contributed by atoms with Gasteiger partial charge in [0.1, 0.15) is 6.04 Å². The van der Waals surface area contributed by atoms with Crippen LogP contribution in [0, 0.1) is 3.57 Å². The van der Waals surface area contributed by atoms with E-state index in [0.29, 0.717) is 6.42 Å². The van der Waals surface area contributed by atoms with Gasteiger partial charge in [-0.15, -0.1) is 0 Å². The van der Waals surface area contributed by atoms with Crippen LogP contribution in [-0.2, 0) is 11.2 Å². The summed E-state index contributed by atoms with van der Waals surface area (Å²) in [7, 11) is 0. The van der Waals surface area contributed by atoms with Crippen LogP contribution < -0.4 is 5.73 Å². The molecule has 5 heteroatoms. The fourth-order valence-electron chi connectivity index (χ4n) is 1.64. The quantitative estimate of drug-likeness (QED) is 0.750. The summed E-state index contributed by atoms with van der Waals surface area (Å²) in [5.41, 5.74) is 7.48. The van der Waals surface area contributed by atoms with E-state index >= 15 is 0 Å². The van der Waals surface area contributed by atoms with Crippen LogP contribution in [-0.4, -0.2) is 22.1 Å². The average Bonchev–Trinajstić information content (AvgIpc) is 2.61. The number of carboxylic acid groups (broad SMARTS) is 1. The third-order valence-electron chi connectivity index (χ3n) is 2.49. The molecule has 4 nitrogen and oxygen atoms in total. The minimum absolute atomic E-state index is 0.343. The van der Waals surface area contributed by atoms with E-state index in [-0.39, 0.29) is 0 Å². The number of carboxylic acids is 1. The summed E-state index contributed by atoms with van der Waals surface area (Å²) < 4.78 is 1.12. The van der Waals surface area contributed by atoms with Gasteiger partial charge >= 0.3 is 5.97 Å². The van der Waals surface area contributed by atoms with Gasteiger partial charge in [-0.25, -0.2) is 0 Å². The smallest absolute Gasteiger partial charge is 0.320 e. The summed E-state index contributed by atoms with van der Waals surface area (Å²) in [6.07, 6.45) is 2.17. The Kier molecular flexibility index (Phi) is 3.15. The van der Waals surface area contributed by atoms with E-state index in [9.17, 15) is 4.79 Å². The van der Waals surface area contributed by atoms with Crippen LogP contribution in [0.25, 0.3) is 10.9 Å². The van der Waals surface area contributed by atoms with Gasteiger partial charge in [0.05, 0.1) is 0 Å². The number of hydrogen-bond acceptors (Lipinski definition) is 2. The zero-order valence-corrected chi connectivity index (χ0v) is 10.6. The Labute approximate surface area is 106 Å². The van der Waals surface area contributed by atoms with Gasteiger partial charge in [0, 0.05) is 27.1 Å². The number of aromatic amines is 1. The number of nitrogens with two attached hydrogens (primary N) is 1. The van der Waals surface area contributed by atoms with Crippen molar-refractivity contribution >= 4 is 39.5 Å². The molecule has 84 valence electrons. The van der Waals surface area contributed by atoms with Crippen molar-refractivity contribution < 1.29 is 9.90 Å². The maximum absolute atomic E-state index is 10.7. The lowest BCUT2D eigenvalue weighted by molar-refractivity contribution is -0.138. The lowest BCUT2D eigenvalue weighted by Gasteiger charge is -2.04. The average molecular weight is 330 g/mol. The molecule has 0 unspecified atom stereocenters. The molecule has 0 saturated heterocycles. The highest BCUT2D eigenvalue weighted by Crippen LogP contribution is 2.21. The summed E-state index contributed by atoms with van der Waals surface area (Å²) >= 11 is 2.23. The Hall–Kier alpha value is -1.08. The van der Waals surface area contributed by atoms with Gasteiger partial charge in [0.15, 0.2) is 0 Å². The Bertz CT molecular complexity index is 536.